The number of hydrogen-bond acceptors (Lipinski definition) is 0. The lowest BCUT2D eigenvalue weighted by Crippen LogP contribution is -2.04. The molecule has 0 fully saturated rings. The summed E-state index contributed by atoms with van der Waals surface area (Å²) in [7, 11) is 0. The van der Waals surface area contributed by atoms with E-state index in [2.05, 4.69) is 22.6 Å². The summed E-state index contributed by atoms with van der Waals surface area (Å²) in [5, 5.41) is 0. The van der Waals surface area contributed by atoms with E-state index in [0.29, 0.717) is 0 Å². The van der Waals surface area contributed by atoms with Gasteiger partial charge in [0.05, 0.1) is 0 Å². The van der Waals surface area contributed by atoms with Crippen molar-refractivity contribution in [3.05, 3.63) is 0 Å². The van der Waals surface area contributed by atoms with Crippen molar-refractivity contribution in [3.63, 3.8) is 0 Å². The number of alkyl halides is 2. The predicted molar refractivity (Wildman–Crippen MR) is 34.1 cm³/mol. The van der Waals surface area contributed by atoms with Crippen molar-refractivity contribution >= 4 is 22.6 Å². The Morgan fingerprint density at radius 1 is 1.50 bits per heavy atom. The van der Waals surface area contributed by atoms with E-state index in [1.165, 1.54) is 0 Å². The summed E-state index contributed by atoms with van der Waals surface area (Å²) in [5.74, 6) is 0. The van der Waals surface area contributed by atoms with E-state index in [9.17, 15) is 4.39 Å². The second kappa shape index (κ2) is 2.77. The maximum atomic E-state index is 11.8. The summed E-state index contributed by atoms with van der Waals surface area (Å²) in [6, 6.07) is 0. The van der Waals surface area contributed by atoms with Crippen LogP contribution in [0.4, 0.5) is 4.39 Å². The van der Waals surface area contributed by atoms with Crippen molar-refractivity contribution in [3.8, 4) is 0 Å². The first-order valence-corrected chi connectivity index (χ1v) is 3.17. The predicted octanol–water partition coefficient (Wildman–Crippen LogP) is 2.17. The van der Waals surface area contributed by atoms with Crippen LogP contribution in [0, 0.1) is 0 Å². The molecule has 0 N–H and O–H groups in total. The van der Waals surface area contributed by atoms with E-state index in [0.717, 1.165) is 0 Å². The summed E-state index contributed by atoms with van der Waals surface area (Å²) in [4.78, 5) is 0. The largest absolute Gasteiger partial charge is 0.247 e. The van der Waals surface area contributed by atoms with E-state index in [4.69, 9.17) is 0 Å². The summed E-state index contributed by atoms with van der Waals surface area (Å²) in [5.41, 5.74) is 0. The Labute approximate surface area is 51.3 Å². The van der Waals surface area contributed by atoms with E-state index < -0.39 is 6.17 Å². The first-order chi connectivity index (χ1) is 2.64. The van der Waals surface area contributed by atoms with E-state index >= 15 is 0 Å². The lowest BCUT2D eigenvalue weighted by molar-refractivity contribution is 0.367. The standard InChI is InChI=1S/C4H8FI/c1-3(5)4(2)6/h3-4H,1-2H3. The van der Waals surface area contributed by atoms with Crippen LogP contribution in [0.3, 0.4) is 0 Å². The lowest BCUT2D eigenvalue weighted by Gasteiger charge is -1.99. The lowest BCUT2D eigenvalue weighted by atomic mass is 10.3. The molecule has 0 heterocycles. The normalized spacial score (nSPS) is 20.0. The van der Waals surface area contributed by atoms with Crippen LogP contribution in [-0.4, -0.2) is 10.1 Å². The molecule has 0 saturated heterocycles. The average molecular weight is 202 g/mol. The molecule has 0 aromatic heterocycles. The average Bonchev–Trinajstić information content (AvgIpc) is 1.36. The highest BCUT2D eigenvalue weighted by molar-refractivity contribution is 14.1. The van der Waals surface area contributed by atoms with Gasteiger partial charge in [0.1, 0.15) is 6.17 Å². The minimum absolute atomic E-state index is 0.155. The fourth-order valence-corrected chi connectivity index (χ4v) is 0. The highest BCUT2D eigenvalue weighted by Gasteiger charge is 2.02. The van der Waals surface area contributed by atoms with Crippen molar-refractivity contribution in [2.75, 3.05) is 0 Å². The van der Waals surface area contributed by atoms with Gasteiger partial charge in [-0.15, -0.1) is 0 Å². The molecule has 38 valence electrons. The Bertz CT molecular complexity index is 28.5. The van der Waals surface area contributed by atoms with Gasteiger partial charge in [-0.05, 0) is 6.92 Å². The molecule has 0 aliphatic carbocycles. The summed E-state index contributed by atoms with van der Waals surface area (Å²) < 4.78 is 12.0. The fourth-order valence-electron chi connectivity index (χ4n) is 0. The van der Waals surface area contributed by atoms with Crippen LogP contribution < -0.4 is 0 Å². The van der Waals surface area contributed by atoms with E-state index in [1.54, 1.807) is 6.92 Å². The number of hydrogen-bond donors (Lipinski definition) is 0. The monoisotopic (exact) mass is 202 g/mol. The molecule has 0 rings (SSSR count). The topological polar surface area (TPSA) is 0 Å². The van der Waals surface area contributed by atoms with Gasteiger partial charge in [0.2, 0.25) is 0 Å². The van der Waals surface area contributed by atoms with E-state index in [1.807, 2.05) is 6.92 Å². The Morgan fingerprint density at radius 2 is 1.67 bits per heavy atom. The van der Waals surface area contributed by atoms with Crippen molar-refractivity contribution in [2.45, 2.75) is 23.9 Å². The molecule has 2 heteroatoms. The van der Waals surface area contributed by atoms with Gasteiger partial charge in [-0.1, -0.05) is 29.5 Å². The van der Waals surface area contributed by atoms with Crippen LogP contribution in [0.5, 0.6) is 0 Å². The van der Waals surface area contributed by atoms with Crippen LogP contribution in [0.15, 0.2) is 0 Å². The maximum absolute atomic E-state index is 11.8. The third-order valence-electron chi connectivity index (χ3n) is 0.633. The third kappa shape index (κ3) is 2.87. The first-order valence-electron chi connectivity index (χ1n) is 1.92. The summed E-state index contributed by atoms with van der Waals surface area (Å²) in [6.45, 7) is 3.42. The highest BCUT2D eigenvalue weighted by atomic mass is 127. The van der Waals surface area contributed by atoms with Gasteiger partial charge in [0, 0.05) is 3.92 Å². The second-order valence-electron chi connectivity index (χ2n) is 1.36. The molecule has 2 unspecified atom stereocenters. The molecule has 6 heavy (non-hydrogen) atoms. The quantitative estimate of drug-likeness (QED) is 0.451. The maximum Gasteiger partial charge on any atom is 0.109 e. The zero-order chi connectivity index (χ0) is 5.15. The molecule has 0 spiro atoms. The minimum atomic E-state index is -0.661. The van der Waals surface area contributed by atoms with Gasteiger partial charge < -0.3 is 0 Å². The van der Waals surface area contributed by atoms with Gasteiger partial charge in [-0.25, -0.2) is 4.39 Å². The van der Waals surface area contributed by atoms with Crippen LogP contribution >= 0.6 is 22.6 Å². The summed E-state index contributed by atoms with van der Waals surface area (Å²) in [6.07, 6.45) is -0.661. The molecule has 0 aromatic carbocycles. The molecule has 0 amide bonds. The zero-order valence-electron chi connectivity index (χ0n) is 3.91. The van der Waals surface area contributed by atoms with Crippen LogP contribution in [-0.2, 0) is 0 Å². The van der Waals surface area contributed by atoms with Crippen molar-refractivity contribution in [1.29, 1.82) is 0 Å². The molecule has 0 nitrogen and oxygen atoms in total. The van der Waals surface area contributed by atoms with Crippen LogP contribution in [0.2, 0.25) is 0 Å². The smallest absolute Gasteiger partial charge is 0.109 e. The van der Waals surface area contributed by atoms with Crippen LogP contribution in [0.1, 0.15) is 13.8 Å². The molecule has 2 atom stereocenters. The molecule has 0 aliphatic heterocycles. The van der Waals surface area contributed by atoms with Crippen molar-refractivity contribution < 1.29 is 4.39 Å². The second-order valence-corrected chi connectivity index (χ2v) is 3.32. The van der Waals surface area contributed by atoms with E-state index in [-0.39, 0.29) is 3.92 Å². The van der Waals surface area contributed by atoms with Gasteiger partial charge in [-0.2, -0.15) is 0 Å². The summed E-state index contributed by atoms with van der Waals surface area (Å²) >= 11 is 2.06. The molecule has 0 aliphatic rings. The van der Waals surface area contributed by atoms with Crippen molar-refractivity contribution in [2.24, 2.45) is 0 Å². The first kappa shape index (κ1) is 6.66. The van der Waals surface area contributed by atoms with Gasteiger partial charge in [0.15, 0.2) is 0 Å². The highest BCUT2D eigenvalue weighted by Crippen LogP contribution is 2.06. The fraction of sp³-hybridized carbons (Fsp3) is 1.00. The van der Waals surface area contributed by atoms with Gasteiger partial charge in [0.25, 0.3) is 0 Å². The third-order valence-corrected chi connectivity index (χ3v) is 1.62. The molecular weight excluding hydrogens is 194 g/mol. The Balaban J connectivity index is 2.99. The minimum Gasteiger partial charge on any atom is -0.247 e. The Morgan fingerprint density at radius 3 is 1.67 bits per heavy atom. The van der Waals surface area contributed by atoms with Crippen molar-refractivity contribution in [1.82, 2.24) is 0 Å². The molecule has 0 radical (unpaired) electrons. The van der Waals surface area contributed by atoms with Gasteiger partial charge >= 0.3 is 0 Å². The Kier molecular flexibility index (Phi) is 3.08. The molecular formula is C4H8FI. The SMILES string of the molecule is CC(F)C(C)I. The molecule has 0 aromatic rings. The number of halogens is 2. The van der Waals surface area contributed by atoms with Crippen LogP contribution in [0.25, 0.3) is 0 Å². The number of rotatable bonds is 1. The molecule has 0 saturated carbocycles. The zero-order valence-corrected chi connectivity index (χ0v) is 6.07. The Hall–Kier alpha value is 0.660. The molecule has 0 bridgehead atoms. The van der Waals surface area contributed by atoms with Gasteiger partial charge in [-0.3, -0.25) is 0 Å².